The summed E-state index contributed by atoms with van der Waals surface area (Å²) in [6.07, 6.45) is -5.06. The minimum absolute atomic E-state index is 0.114. The van der Waals surface area contributed by atoms with E-state index in [0.717, 1.165) is 30.3 Å². The molecule has 0 bridgehead atoms. The van der Waals surface area contributed by atoms with Gasteiger partial charge < -0.3 is 10.1 Å². The van der Waals surface area contributed by atoms with Gasteiger partial charge >= 0.3 is 6.18 Å². The Morgan fingerprint density at radius 2 is 1.47 bits per heavy atom. The van der Waals surface area contributed by atoms with E-state index in [1.165, 1.54) is 31.4 Å². The molecule has 0 heterocycles. The molecule has 0 aliphatic rings. The first-order valence-corrected chi connectivity index (χ1v) is 11.4. The molecular weight excluding hydrogens is 508 g/mol. The molecule has 38 heavy (non-hydrogen) atoms. The van der Waals surface area contributed by atoms with Crippen LogP contribution in [0.2, 0.25) is 0 Å². The molecule has 0 aromatic heterocycles. The van der Waals surface area contributed by atoms with E-state index in [1.807, 2.05) is 0 Å². The van der Waals surface area contributed by atoms with Gasteiger partial charge in [-0.05, 0) is 65.2 Å². The zero-order valence-electron chi connectivity index (χ0n) is 20.0. The van der Waals surface area contributed by atoms with E-state index < -0.39 is 40.6 Å². The Balaban J connectivity index is 2.03. The summed E-state index contributed by atoms with van der Waals surface area (Å²) in [6.45, 7) is 0. The summed E-state index contributed by atoms with van der Waals surface area (Å²) < 4.78 is 89.3. The van der Waals surface area contributed by atoms with Crippen LogP contribution in [0, 0.1) is 17.5 Å². The van der Waals surface area contributed by atoms with Gasteiger partial charge in [0.05, 0.1) is 18.2 Å². The highest BCUT2D eigenvalue weighted by atomic mass is 19.4. The number of alkyl halides is 3. The minimum atomic E-state index is -4.90. The molecule has 4 rings (SSSR count). The van der Waals surface area contributed by atoms with Crippen LogP contribution in [0.4, 0.5) is 26.3 Å². The van der Waals surface area contributed by atoms with Crippen molar-refractivity contribution in [2.45, 2.75) is 18.1 Å². The largest absolute Gasteiger partial charge is 0.494 e. The van der Waals surface area contributed by atoms with Gasteiger partial charge in [0.2, 0.25) is 0 Å². The van der Waals surface area contributed by atoms with E-state index in [4.69, 9.17) is 4.74 Å². The highest BCUT2D eigenvalue weighted by Crippen LogP contribution is 2.39. The maximum Gasteiger partial charge on any atom is 0.416 e. The molecule has 0 saturated carbocycles. The van der Waals surface area contributed by atoms with Crippen molar-refractivity contribution < 1.29 is 35.9 Å². The lowest BCUT2D eigenvalue weighted by atomic mass is 9.77. The number of ether oxygens (including phenoxy) is 1. The first kappa shape index (κ1) is 26.8. The highest BCUT2D eigenvalue weighted by molar-refractivity contribution is 5.95. The van der Waals surface area contributed by atoms with Gasteiger partial charge in [-0.3, -0.25) is 4.79 Å². The van der Waals surface area contributed by atoms with Crippen LogP contribution in [0.25, 0.3) is 0 Å². The number of halogens is 6. The number of hydrogen-bond acceptors (Lipinski definition) is 2. The van der Waals surface area contributed by atoms with Crippen molar-refractivity contribution in [1.29, 1.82) is 0 Å². The number of methoxy groups -OCH3 is 1. The van der Waals surface area contributed by atoms with Crippen LogP contribution in [0.3, 0.4) is 0 Å². The van der Waals surface area contributed by atoms with Gasteiger partial charge in [-0.25, -0.2) is 13.2 Å². The Labute approximate surface area is 214 Å². The van der Waals surface area contributed by atoms with Crippen LogP contribution >= 0.6 is 0 Å². The number of nitrogens with one attached hydrogen (secondary N) is 1. The summed E-state index contributed by atoms with van der Waals surface area (Å²) in [7, 11) is 1.20. The number of carbonyl (C=O) groups is 1. The lowest BCUT2D eigenvalue weighted by Gasteiger charge is -2.37. The van der Waals surface area contributed by atoms with Crippen molar-refractivity contribution in [3.05, 3.63) is 136 Å². The second-order valence-corrected chi connectivity index (χ2v) is 8.61. The van der Waals surface area contributed by atoms with Gasteiger partial charge in [-0.2, -0.15) is 13.2 Å². The Kier molecular flexibility index (Phi) is 7.48. The summed E-state index contributed by atoms with van der Waals surface area (Å²) in [5.41, 5.74) is -2.85. The smallest absolute Gasteiger partial charge is 0.416 e. The minimum Gasteiger partial charge on any atom is -0.494 e. The third kappa shape index (κ3) is 5.66. The third-order valence-corrected chi connectivity index (χ3v) is 6.09. The highest BCUT2D eigenvalue weighted by Gasteiger charge is 2.40. The van der Waals surface area contributed by atoms with E-state index in [-0.39, 0.29) is 28.9 Å². The normalized spacial score (nSPS) is 13.0. The predicted molar refractivity (Wildman–Crippen MR) is 129 cm³/mol. The van der Waals surface area contributed by atoms with Crippen molar-refractivity contribution >= 4 is 5.91 Å². The molecular formula is C29H21F6NO2. The zero-order valence-corrected chi connectivity index (χ0v) is 20.0. The van der Waals surface area contributed by atoms with Crippen molar-refractivity contribution in [2.75, 3.05) is 7.11 Å². The van der Waals surface area contributed by atoms with Crippen LogP contribution in [0.1, 0.15) is 32.6 Å². The predicted octanol–water partition coefficient (Wildman–Crippen LogP) is 7.05. The summed E-state index contributed by atoms with van der Waals surface area (Å²) in [5.74, 6) is -3.74. The lowest BCUT2D eigenvalue weighted by Crippen LogP contribution is -2.49. The van der Waals surface area contributed by atoms with Gasteiger partial charge in [-0.1, -0.05) is 42.5 Å². The molecule has 3 nitrogen and oxygen atoms in total. The molecule has 1 atom stereocenters. The number of carbonyl (C=O) groups excluding carboxylic acids is 1. The molecule has 1 N–H and O–H groups in total. The quantitative estimate of drug-likeness (QED) is 0.261. The van der Waals surface area contributed by atoms with Crippen LogP contribution in [-0.4, -0.2) is 13.0 Å². The van der Waals surface area contributed by atoms with E-state index in [2.05, 4.69) is 5.32 Å². The van der Waals surface area contributed by atoms with Crippen molar-refractivity contribution in [1.82, 2.24) is 5.32 Å². The maximum atomic E-state index is 14.7. The second-order valence-electron chi connectivity index (χ2n) is 8.61. The van der Waals surface area contributed by atoms with E-state index in [1.54, 1.807) is 30.3 Å². The first-order valence-electron chi connectivity index (χ1n) is 11.4. The number of benzene rings is 4. The number of rotatable bonds is 7. The van der Waals surface area contributed by atoms with E-state index in [0.29, 0.717) is 11.6 Å². The molecule has 1 amide bonds. The molecule has 0 saturated heterocycles. The number of hydrogen-bond donors (Lipinski definition) is 1. The van der Waals surface area contributed by atoms with Crippen LogP contribution in [0.15, 0.2) is 91.0 Å². The summed E-state index contributed by atoms with van der Waals surface area (Å²) in [6, 6.07) is 18.6. The van der Waals surface area contributed by atoms with Gasteiger partial charge in [0, 0.05) is 12.0 Å². The Bertz CT molecular complexity index is 1460. The second kappa shape index (κ2) is 10.6. The Morgan fingerprint density at radius 3 is 2.13 bits per heavy atom. The Morgan fingerprint density at radius 1 is 0.763 bits per heavy atom. The van der Waals surface area contributed by atoms with Crippen molar-refractivity contribution in [2.24, 2.45) is 0 Å². The molecule has 0 aliphatic carbocycles. The lowest BCUT2D eigenvalue weighted by molar-refractivity contribution is -0.137. The first-order chi connectivity index (χ1) is 18.0. The molecule has 4 aromatic rings. The van der Waals surface area contributed by atoms with E-state index in [9.17, 15) is 31.1 Å². The summed E-state index contributed by atoms with van der Waals surface area (Å²) in [5, 5.41) is 2.71. The van der Waals surface area contributed by atoms with Gasteiger partial charge in [0.15, 0.2) is 11.6 Å². The average Bonchev–Trinajstić information content (AvgIpc) is 2.88. The van der Waals surface area contributed by atoms with Crippen LogP contribution < -0.4 is 10.1 Å². The SMILES string of the molecule is COc1cc(C(Cc2ccccc2)(NC(=O)c2cccc(F)c2)c2cc(F)cc(C(F)(F)F)c2)ccc1F. The standard InChI is InChI=1S/C29H21F6NO2/c1-38-26-16-20(10-11-25(26)32)28(17-18-6-3-2-4-7-18,36-27(37)19-8-5-9-23(30)12-19)21-13-22(29(33,34)35)15-24(31)14-21/h2-16H,17H2,1H3,(H,36,37). The molecule has 1 unspecified atom stereocenters. The zero-order chi connectivity index (χ0) is 27.5. The number of amides is 1. The fourth-order valence-electron chi connectivity index (χ4n) is 4.28. The molecule has 0 spiro atoms. The molecule has 0 radical (unpaired) electrons. The fourth-order valence-corrected chi connectivity index (χ4v) is 4.28. The van der Waals surface area contributed by atoms with Gasteiger partial charge in [0.25, 0.3) is 5.91 Å². The molecule has 196 valence electrons. The molecule has 4 aromatic carbocycles. The van der Waals surface area contributed by atoms with Crippen molar-refractivity contribution in [3.8, 4) is 5.75 Å². The van der Waals surface area contributed by atoms with Crippen LogP contribution in [0.5, 0.6) is 5.75 Å². The summed E-state index contributed by atoms with van der Waals surface area (Å²) >= 11 is 0. The average molecular weight is 529 g/mol. The van der Waals surface area contributed by atoms with E-state index >= 15 is 0 Å². The van der Waals surface area contributed by atoms with Crippen molar-refractivity contribution in [3.63, 3.8) is 0 Å². The van der Waals surface area contributed by atoms with Gasteiger partial charge in [-0.15, -0.1) is 0 Å². The maximum absolute atomic E-state index is 14.7. The van der Waals surface area contributed by atoms with Crippen LogP contribution in [-0.2, 0) is 18.1 Å². The third-order valence-electron chi connectivity index (χ3n) is 6.09. The Hall–Kier alpha value is -4.27. The topological polar surface area (TPSA) is 38.3 Å². The molecule has 0 fully saturated rings. The molecule has 0 aliphatic heterocycles. The van der Waals surface area contributed by atoms with Gasteiger partial charge in [0.1, 0.15) is 11.6 Å². The monoisotopic (exact) mass is 529 g/mol. The fraction of sp³-hybridized carbons (Fsp3) is 0.138. The summed E-state index contributed by atoms with van der Waals surface area (Å²) in [4.78, 5) is 13.4. The molecule has 9 heteroatoms.